The monoisotopic (exact) mass is 317 g/mol. The highest BCUT2D eigenvalue weighted by Gasteiger charge is 2.18. The largest absolute Gasteiger partial charge is 0.490 e. The number of rotatable bonds is 8. The van der Waals surface area contributed by atoms with E-state index in [1.54, 1.807) is 6.20 Å². The first kappa shape index (κ1) is 17.5. The van der Waals surface area contributed by atoms with Gasteiger partial charge in [-0.15, -0.1) is 0 Å². The van der Waals surface area contributed by atoms with Gasteiger partial charge in [0.2, 0.25) is 0 Å². The van der Waals surface area contributed by atoms with Crippen LogP contribution < -0.4 is 4.74 Å². The first-order chi connectivity index (χ1) is 11.0. The Morgan fingerprint density at radius 1 is 1.17 bits per heavy atom. The third-order valence-electron chi connectivity index (χ3n) is 3.88. The van der Waals surface area contributed by atoms with Crippen LogP contribution in [0, 0.1) is 0 Å². The average Bonchev–Trinajstić information content (AvgIpc) is 3.04. The predicted molar refractivity (Wildman–Crippen MR) is 92.5 cm³/mol. The van der Waals surface area contributed by atoms with E-state index < -0.39 is 6.10 Å². The van der Waals surface area contributed by atoms with E-state index in [1.807, 2.05) is 30.5 Å². The molecule has 1 atom stereocenters. The van der Waals surface area contributed by atoms with Crippen molar-refractivity contribution in [3.05, 3.63) is 36.7 Å². The number of aliphatic hydroxyl groups excluding tert-OH is 1. The van der Waals surface area contributed by atoms with Gasteiger partial charge in [0.25, 0.3) is 0 Å². The van der Waals surface area contributed by atoms with E-state index in [1.165, 1.54) is 0 Å². The van der Waals surface area contributed by atoms with Gasteiger partial charge in [0.15, 0.2) is 0 Å². The second-order valence-corrected chi connectivity index (χ2v) is 6.33. The van der Waals surface area contributed by atoms with Gasteiger partial charge in [-0.2, -0.15) is 5.10 Å². The molecule has 2 rings (SSSR count). The van der Waals surface area contributed by atoms with Crippen LogP contribution in [0.15, 0.2) is 36.7 Å². The van der Waals surface area contributed by atoms with Gasteiger partial charge in [-0.3, -0.25) is 10.00 Å². The number of aromatic amines is 1. The summed E-state index contributed by atoms with van der Waals surface area (Å²) in [6, 6.07) is 8.58. The van der Waals surface area contributed by atoms with Crippen LogP contribution in [-0.4, -0.2) is 51.5 Å². The number of hydrogen-bond acceptors (Lipinski definition) is 4. The van der Waals surface area contributed by atoms with Gasteiger partial charge in [-0.1, -0.05) is 18.2 Å². The van der Waals surface area contributed by atoms with Gasteiger partial charge >= 0.3 is 0 Å². The summed E-state index contributed by atoms with van der Waals surface area (Å²) in [7, 11) is 0. The van der Waals surface area contributed by atoms with Gasteiger partial charge in [0.1, 0.15) is 18.5 Å². The molecular formula is C18H27N3O2. The van der Waals surface area contributed by atoms with Crippen LogP contribution >= 0.6 is 0 Å². The number of nitrogens with zero attached hydrogens (tertiary/aromatic N) is 2. The molecule has 0 fully saturated rings. The Bertz CT molecular complexity index is 574. The smallest absolute Gasteiger partial charge is 0.127 e. The lowest BCUT2D eigenvalue weighted by Gasteiger charge is -2.32. The molecule has 0 aliphatic rings. The third kappa shape index (κ3) is 4.81. The summed E-state index contributed by atoms with van der Waals surface area (Å²) >= 11 is 0. The maximum atomic E-state index is 10.3. The van der Waals surface area contributed by atoms with E-state index in [0.29, 0.717) is 18.6 Å². The Labute approximate surface area is 138 Å². The van der Waals surface area contributed by atoms with Crippen molar-refractivity contribution in [1.29, 1.82) is 0 Å². The van der Waals surface area contributed by atoms with E-state index in [2.05, 4.69) is 42.8 Å². The number of H-pyrrole nitrogens is 1. The summed E-state index contributed by atoms with van der Waals surface area (Å²) < 4.78 is 5.86. The fourth-order valence-electron chi connectivity index (χ4n) is 2.73. The summed E-state index contributed by atoms with van der Waals surface area (Å²) in [5.41, 5.74) is 1.94. The first-order valence-corrected chi connectivity index (χ1v) is 8.13. The number of para-hydroxylation sites is 1. The standard InChI is InChI=1S/C18H27N3O2/c1-13(2)21(14(3)4)11-16(22)12-23-18-8-6-5-7-17(18)15-9-19-20-10-15/h5-10,13-14,16,22H,11-12H2,1-4H3,(H,19,20). The number of nitrogens with one attached hydrogen (secondary N) is 1. The average molecular weight is 317 g/mol. The van der Waals surface area contributed by atoms with Crippen LogP contribution in [0.1, 0.15) is 27.7 Å². The van der Waals surface area contributed by atoms with Crippen molar-refractivity contribution in [2.45, 2.75) is 45.9 Å². The van der Waals surface area contributed by atoms with Crippen molar-refractivity contribution in [2.75, 3.05) is 13.2 Å². The summed E-state index contributed by atoms with van der Waals surface area (Å²) in [5, 5.41) is 17.1. The molecule has 0 aliphatic carbocycles. The Hall–Kier alpha value is -1.85. The minimum atomic E-state index is -0.530. The molecule has 1 heterocycles. The summed E-state index contributed by atoms with van der Waals surface area (Å²) in [5.74, 6) is 0.758. The summed E-state index contributed by atoms with van der Waals surface area (Å²) in [6.45, 7) is 9.43. The summed E-state index contributed by atoms with van der Waals surface area (Å²) in [6.07, 6.45) is 3.06. The maximum Gasteiger partial charge on any atom is 0.127 e. The van der Waals surface area contributed by atoms with Crippen LogP contribution in [0.25, 0.3) is 11.1 Å². The molecule has 1 unspecified atom stereocenters. The fourth-order valence-corrected chi connectivity index (χ4v) is 2.73. The molecule has 0 radical (unpaired) electrons. The Morgan fingerprint density at radius 2 is 1.87 bits per heavy atom. The van der Waals surface area contributed by atoms with Crippen LogP contribution in [0.2, 0.25) is 0 Å². The molecule has 0 spiro atoms. The Kier molecular flexibility index (Phi) is 6.19. The highest BCUT2D eigenvalue weighted by atomic mass is 16.5. The normalized spacial score (nSPS) is 13.0. The lowest BCUT2D eigenvalue weighted by atomic mass is 10.1. The van der Waals surface area contributed by atoms with Crippen molar-refractivity contribution in [1.82, 2.24) is 15.1 Å². The van der Waals surface area contributed by atoms with Crippen LogP contribution in [0.3, 0.4) is 0 Å². The second-order valence-electron chi connectivity index (χ2n) is 6.33. The SMILES string of the molecule is CC(C)N(CC(O)COc1ccccc1-c1cn[nH]c1)C(C)C. The van der Waals surface area contributed by atoms with Crippen molar-refractivity contribution < 1.29 is 9.84 Å². The highest BCUT2D eigenvalue weighted by Crippen LogP contribution is 2.28. The van der Waals surface area contributed by atoms with Crippen molar-refractivity contribution in [3.8, 4) is 16.9 Å². The molecule has 2 aromatic rings. The van der Waals surface area contributed by atoms with Crippen LogP contribution in [-0.2, 0) is 0 Å². The third-order valence-corrected chi connectivity index (χ3v) is 3.88. The van der Waals surface area contributed by atoms with Crippen molar-refractivity contribution in [2.24, 2.45) is 0 Å². The molecule has 0 bridgehead atoms. The zero-order chi connectivity index (χ0) is 16.8. The van der Waals surface area contributed by atoms with Crippen LogP contribution in [0.4, 0.5) is 0 Å². The molecule has 0 amide bonds. The molecule has 0 saturated carbocycles. The molecule has 5 heteroatoms. The number of benzene rings is 1. The second kappa shape index (κ2) is 8.13. The molecule has 126 valence electrons. The number of hydrogen-bond donors (Lipinski definition) is 2. The molecule has 2 N–H and O–H groups in total. The quantitative estimate of drug-likeness (QED) is 0.786. The molecular weight excluding hydrogens is 290 g/mol. The molecule has 23 heavy (non-hydrogen) atoms. The molecule has 1 aromatic carbocycles. The fraction of sp³-hybridized carbons (Fsp3) is 0.500. The maximum absolute atomic E-state index is 10.3. The van der Waals surface area contributed by atoms with E-state index in [0.717, 1.165) is 16.9 Å². The topological polar surface area (TPSA) is 61.4 Å². The van der Waals surface area contributed by atoms with E-state index in [9.17, 15) is 5.11 Å². The van der Waals surface area contributed by atoms with Gasteiger partial charge < -0.3 is 9.84 Å². The van der Waals surface area contributed by atoms with Gasteiger partial charge in [-0.05, 0) is 33.8 Å². The molecule has 0 aliphatic heterocycles. The minimum Gasteiger partial charge on any atom is -0.490 e. The van der Waals surface area contributed by atoms with E-state index >= 15 is 0 Å². The van der Waals surface area contributed by atoms with E-state index in [-0.39, 0.29) is 6.61 Å². The van der Waals surface area contributed by atoms with Crippen LogP contribution in [0.5, 0.6) is 5.75 Å². The zero-order valence-electron chi connectivity index (χ0n) is 14.4. The number of aromatic nitrogens is 2. The minimum absolute atomic E-state index is 0.269. The summed E-state index contributed by atoms with van der Waals surface area (Å²) in [4.78, 5) is 2.26. The van der Waals surface area contributed by atoms with Gasteiger partial charge in [0, 0.05) is 36.0 Å². The van der Waals surface area contributed by atoms with Gasteiger partial charge in [-0.25, -0.2) is 0 Å². The molecule has 1 aromatic heterocycles. The Morgan fingerprint density at radius 3 is 2.48 bits per heavy atom. The zero-order valence-corrected chi connectivity index (χ0v) is 14.4. The lowest BCUT2D eigenvalue weighted by molar-refractivity contribution is 0.0447. The lowest BCUT2D eigenvalue weighted by Crippen LogP contribution is -2.43. The van der Waals surface area contributed by atoms with E-state index in [4.69, 9.17) is 4.74 Å². The first-order valence-electron chi connectivity index (χ1n) is 8.13. The van der Waals surface area contributed by atoms with Crippen molar-refractivity contribution in [3.63, 3.8) is 0 Å². The molecule has 5 nitrogen and oxygen atoms in total. The highest BCUT2D eigenvalue weighted by molar-refractivity contribution is 5.68. The van der Waals surface area contributed by atoms with Gasteiger partial charge in [0.05, 0.1) is 6.20 Å². The molecule has 0 saturated heterocycles. The predicted octanol–water partition coefficient (Wildman–Crippen LogP) is 2.94. The number of ether oxygens (including phenoxy) is 1. The number of aliphatic hydroxyl groups is 1. The van der Waals surface area contributed by atoms with Crippen molar-refractivity contribution >= 4 is 0 Å². The Balaban J connectivity index is 1.98.